The second-order valence-electron chi connectivity index (χ2n) is 19.1. The standard InChI is InChI=1S/C48H70N6O10S/c1-7-36-37-28-34(62-27-24-53-22-25-61-26-23-53)16-17-39(37)49-38(8-2)42(36)64-35-29-41-43(55)51-48(45(57)52-65(59,60)47(6)20-21-47)19-18-33(48)14-12-10-9-11-13-15-40(44(56)54(41)30-35)50-46(58)63-32(5)31(3)4/h12,14,16-17,28,31-33,35,40-41H,7-11,13,15,18-27,29-30H2,1-6H3,(H,50,58)(H,51,55)(H,52,57). The SMILES string of the molecule is CCc1nc2ccc(OCCN3CCOCC3)cc2c(CC)c1OC1CC2C(=O)NC3(C(=O)NS(=O)(=O)C4(C)CC4)CCC3C=CCCCCCC(NC(=O)OC(C)C(C)C)C(=O)N2C1. The summed E-state index contributed by atoms with van der Waals surface area (Å²) in [4.78, 5) is 66.2. The molecule has 4 amide bonds. The van der Waals surface area contributed by atoms with Gasteiger partial charge >= 0.3 is 6.09 Å². The first-order valence-corrected chi connectivity index (χ1v) is 25.4. The van der Waals surface area contributed by atoms with Gasteiger partial charge < -0.3 is 34.5 Å². The highest BCUT2D eigenvalue weighted by atomic mass is 32.2. The Labute approximate surface area is 384 Å². The van der Waals surface area contributed by atoms with E-state index < -0.39 is 74.3 Å². The number of alkyl carbamates (subject to hydrolysis) is 1. The largest absolute Gasteiger partial charge is 0.492 e. The lowest BCUT2D eigenvalue weighted by Gasteiger charge is -2.47. The molecule has 6 atom stereocenters. The second-order valence-corrected chi connectivity index (χ2v) is 21.3. The van der Waals surface area contributed by atoms with E-state index >= 15 is 0 Å². The normalized spacial score (nSPS) is 26.7. The fourth-order valence-electron chi connectivity index (χ4n) is 9.25. The van der Waals surface area contributed by atoms with Crippen LogP contribution in [-0.4, -0.2) is 128 Å². The zero-order chi connectivity index (χ0) is 46.5. The van der Waals surface area contributed by atoms with Crippen LogP contribution < -0.4 is 24.8 Å². The summed E-state index contributed by atoms with van der Waals surface area (Å²) in [5.74, 6) is -0.941. The summed E-state index contributed by atoms with van der Waals surface area (Å²) in [7, 11) is -4.02. The summed E-state index contributed by atoms with van der Waals surface area (Å²) in [6.07, 6.45) is 8.21. The van der Waals surface area contributed by atoms with Crippen LogP contribution in [0.15, 0.2) is 30.4 Å². The minimum absolute atomic E-state index is 0.0108. The molecule has 6 unspecified atom stereocenters. The topological polar surface area (TPSA) is 195 Å². The molecule has 0 spiro atoms. The molecule has 5 aliphatic rings. The lowest BCUT2D eigenvalue weighted by atomic mass is 9.65. The number of fused-ring (bicyclic) bond motifs is 3. The summed E-state index contributed by atoms with van der Waals surface area (Å²) < 4.78 is 52.4. The van der Waals surface area contributed by atoms with Crippen molar-refractivity contribution in [2.45, 2.75) is 153 Å². The molecule has 0 bridgehead atoms. The molecule has 0 radical (unpaired) electrons. The number of hydrogen-bond acceptors (Lipinski definition) is 12. The summed E-state index contributed by atoms with van der Waals surface area (Å²) >= 11 is 0. The van der Waals surface area contributed by atoms with Gasteiger partial charge in [0.1, 0.15) is 47.9 Å². The first kappa shape index (κ1) is 48.5. The van der Waals surface area contributed by atoms with Gasteiger partial charge in [-0.3, -0.25) is 24.0 Å². The highest BCUT2D eigenvalue weighted by Crippen LogP contribution is 2.45. The number of nitrogens with zero attached hydrogens (tertiary/aromatic N) is 3. The maximum Gasteiger partial charge on any atom is 0.408 e. The lowest BCUT2D eigenvalue weighted by molar-refractivity contribution is -0.144. The maximum atomic E-state index is 14.9. The van der Waals surface area contributed by atoms with Gasteiger partial charge in [-0.1, -0.05) is 52.7 Å². The monoisotopic (exact) mass is 922 g/mol. The van der Waals surface area contributed by atoms with Crippen molar-refractivity contribution in [2.75, 3.05) is 46.0 Å². The molecule has 1 aromatic heterocycles. The number of aromatic nitrogens is 1. The highest BCUT2D eigenvalue weighted by molar-refractivity contribution is 7.91. The van der Waals surface area contributed by atoms with Gasteiger partial charge in [0.15, 0.2) is 0 Å². The number of allylic oxidation sites excluding steroid dienone is 1. The quantitative estimate of drug-likeness (QED) is 0.206. The van der Waals surface area contributed by atoms with E-state index in [9.17, 15) is 27.6 Å². The third-order valence-corrected chi connectivity index (χ3v) is 16.5. The Kier molecular flexibility index (Phi) is 15.3. The van der Waals surface area contributed by atoms with Crippen molar-refractivity contribution in [3.05, 3.63) is 41.6 Å². The smallest absolute Gasteiger partial charge is 0.408 e. The predicted octanol–water partition coefficient (Wildman–Crippen LogP) is 5.34. The Balaban J connectivity index is 1.20. The molecule has 2 aliphatic carbocycles. The zero-order valence-electron chi connectivity index (χ0n) is 39.1. The summed E-state index contributed by atoms with van der Waals surface area (Å²) in [6.45, 7) is 15.8. The van der Waals surface area contributed by atoms with E-state index in [-0.39, 0.29) is 25.3 Å². The number of benzene rings is 1. The molecule has 7 rings (SSSR count). The van der Waals surface area contributed by atoms with E-state index in [4.69, 9.17) is 23.9 Å². The third kappa shape index (κ3) is 10.9. The van der Waals surface area contributed by atoms with Gasteiger partial charge in [0.05, 0.1) is 35.7 Å². The lowest BCUT2D eigenvalue weighted by Crippen LogP contribution is -2.70. The van der Waals surface area contributed by atoms with Gasteiger partial charge in [0.2, 0.25) is 21.8 Å². The number of amides is 4. The van der Waals surface area contributed by atoms with E-state index in [0.717, 1.165) is 54.6 Å². The molecule has 65 heavy (non-hydrogen) atoms. The predicted molar refractivity (Wildman–Crippen MR) is 246 cm³/mol. The molecule has 16 nitrogen and oxygen atoms in total. The van der Waals surface area contributed by atoms with Crippen LogP contribution in [-0.2, 0) is 46.7 Å². The fraction of sp³-hybridized carbons (Fsp3) is 0.688. The molecule has 358 valence electrons. The minimum atomic E-state index is -4.02. The Morgan fingerprint density at radius 2 is 1.80 bits per heavy atom. The molecule has 1 aromatic carbocycles. The van der Waals surface area contributed by atoms with Crippen molar-refractivity contribution < 1.29 is 46.5 Å². The van der Waals surface area contributed by atoms with Crippen molar-refractivity contribution in [3.8, 4) is 11.5 Å². The molecule has 2 saturated carbocycles. The molecule has 3 aliphatic heterocycles. The van der Waals surface area contributed by atoms with Crippen LogP contribution in [0.4, 0.5) is 4.79 Å². The third-order valence-electron chi connectivity index (χ3n) is 14.3. The van der Waals surface area contributed by atoms with Gasteiger partial charge in [-0.25, -0.2) is 18.2 Å². The van der Waals surface area contributed by atoms with E-state index in [2.05, 4.69) is 27.2 Å². The average Bonchev–Trinajstić information content (AvgIpc) is 3.91. The summed E-state index contributed by atoms with van der Waals surface area (Å²) in [5, 5.41) is 6.73. The number of sulfonamides is 1. The number of nitrogens with one attached hydrogen (secondary N) is 3. The van der Waals surface area contributed by atoms with Crippen LogP contribution in [0.3, 0.4) is 0 Å². The molecular weight excluding hydrogens is 853 g/mol. The Morgan fingerprint density at radius 1 is 1.03 bits per heavy atom. The summed E-state index contributed by atoms with van der Waals surface area (Å²) in [6, 6.07) is 3.77. The average molecular weight is 923 g/mol. The second kappa shape index (κ2) is 20.6. The molecular formula is C48H70N6O10S. The van der Waals surface area contributed by atoms with Crippen LogP contribution in [0.1, 0.15) is 117 Å². The van der Waals surface area contributed by atoms with E-state index in [0.29, 0.717) is 82.7 Å². The molecule has 4 heterocycles. The van der Waals surface area contributed by atoms with E-state index in [1.54, 1.807) is 13.8 Å². The van der Waals surface area contributed by atoms with Gasteiger partial charge in [-0.2, -0.15) is 0 Å². The summed E-state index contributed by atoms with van der Waals surface area (Å²) in [5.41, 5.74) is 0.918. The molecule has 2 saturated heterocycles. The zero-order valence-corrected chi connectivity index (χ0v) is 39.9. The van der Waals surface area contributed by atoms with E-state index in [1.165, 1.54) is 4.90 Å². The number of rotatable bonds is 14. The van der Waals surface area contributed by atoms with Crippen molar-refractivity contribution in [1.29, 1.82) is 0 Å². The molecule has 2 aromatic rings. The molecule has 17 heteroatoms. The van der Waals surface area contributed by atoms with Gasteiger partial charge in [0.25, 0.3) is 5.91 Å². The number of carbonyl (C=O) groups is 4. The van der Waals surface area contributed by atoms with Crippen molar-refractivity contribution in [3.63, 3.8) is 0 Å². The number of hydrogen-bond donors (Lipinski definition) is 3. The van der Waals surface area contributed by atoms with Crippen molar-refractivity contribution >= 4 is 44.7 Å². The number of aryl methyl sites for hydroxylation is 2. The van der Waals surface area contributed by atoms with Crippen LogP contribution in [0.5, 0.6) is 11.5 Å². The van der Waals surface area contributed by atoms with Crippen LogP contribution in [0, 0.1) is 11.8 Å². The van der Waals surface area contributed by atoms with E-state index in [1.807, 2.05) is 51.1 Å². The maximum absolute atomic E-state index is 14.9. The number of ether oxygens (including phenoxy) is 4. The Bertz CT molecular complexity index is 2210. The first-order valence-electron chi connectivity index (χ1n) is 24.0. The Hall–Kier alpha value is -4.48. The number of pyridine rings is 1. The number of carbonyl (C=O) groups excluding carboxylic acids is 4. The molecule has 4 fully saturated rings. The van der Waals surface area contributed by atoms with Crippen molar-refractivity contribution in [1.82, 2.24) is 30.1 Å². The van der Waals surface area contributed by atoms with Crippen LogP contribution >= 0.6 is 0 Å². The fourth-order valence-corrected chi connectivity index (χ4v) is 10.6. The van der Waals surface area contributed by atoms with Crippen molar-refractivity contribution in [2.24, 2.45) is 11.8 Å². The van der Waals surface area contributed by atoms with Gasteiger partial charge in [0, 0.05) is 42.9 Å². The Morgan fingerprint density at radius 3 is 2.48 bits per heavy atom. The molecule has 3 N–H and O–H groups in total. The van der Waals surface area contributed by atoms with Crippen LogP contribution in [0.25, 0.3) is 10.9 Å². The minimum Gasteiger partial charge on any atom is -0.492 e. The first-order chi connectivity index (χ1) is 31.1. The van der Waals surface area contributed by atoms with Gasteiger partial charge in [-0.15, -0.1) is 0 Å². The van der Waals surface area contributed by atoms with Gasteiger partial charge in [-0.05, 0) is 95.8 Å². The highest BCUT2D eigenvalue weighted by Gasteiger charge is 2.58. The number of morpholine rings is 1. The van der Waals surface area contributed by atoms with Crippen LogP contribution in [0.2, 0.25) is 0 Å².